The summed E-state index contributed by atoms with van der Waals surface area (Å²) in [7, 11) is 0. The summed E-state index contributed by atoms with van der Waals surface area (Å²) in [6, 6.07) is -10.1. The molecule has 13 N–H and O–H groups in total. The number of nitrogens with one attached hydrogen (secondary N) is 6. The van der Waals surface area contributed by atoms with E-state index in [0.29, 0.717) is 6.42 Å². The van der Waals surface area contributed by atoms with E-state index in [1.165, 1.54) is 6.92 Å². The molecule has 0 aliphatic heterocycles. The molecule has 0 aromatic carbocycles. The molecular formula is C30H53N7O13. The average molecular weight is 720 g/mol. The highest BCUT2D eigenvalue weighted by atomic mass is 16.4. The largest absolute Gasteiger partial charge is 0.481 e. The lowest BCUT2D eigenvalue weighted by atomic mass is 9.96. The molecule has 0 spiro atoms. The van der Waals surface area contributed by atoms with E-state index in [2.05, 4.69) is 31.9 Å². The molecule has 9 atom stereocenters. The van der Waals surface area contributed by atoms with E-state index in [0.717, 1.165) is 6.92 Å². The smallest absolute Gasteiger partial charge is 0.328 e. The molecule has 50 heavy (non-hydrogen) atoms. The van der Waals surface area contributed by atoms with E-state index in [9.17, 15) is 58.8 Å². The normalized spacial score (nSPS) is 16.5. The maximum atomic E-state index is 13.4. The SMILES string of the molecule is CC[C@H](C)[C@H](NC(=O)[C@H](CC(C)C)NC(=O)[C@@H](NC(=O)[C@H](CO)NC(=O)[C@H](C)NC(=O)[C@@H](N)CCC(=O)O)[C@@H](C)O)C(=O)N[C@@H](CO)C(=O)O. The second-order valence-electron chi connectivity index (χ2n) is 12.4. The zero-order valence-corrected chi connectivity index (χ0v) is 29.1. The lowest BCUT2D eigenvalue weighted by Gasteiger charge is -2.29. The number of aliphatic hydroxyl groups is 3. The number of amides is 6. The second kappa shape index (κ2) is 22.3. The molecule has 0 saturated carbocycles. The molecule has 20 heteroatoms. The Morgan fingerprint density at radius 1 is 0.620 bits per heavy atom. The highest BCUT2D eigenvalue weighted by Gasteiger charge is 2.35. The van der Waals surface area contributed by atoms with Gasteiger partial charge in [0.05, 0.1) is 25.4 Å². The van der Waals surface area contributed by atoms with Gasteiger partial charge >= 0.3 is 11.9 Å². The summed E-state index contributed by atoms with van der Waals surface area (Å²) in [5.74, 6) is -9.04. The van der Waals surface area contributed by atoms with Gasteiger partial charge in [-0.1, -0.05) is 34.1 Å². The predicted molar refractivity (Wildman–Crippen MR) is 175 cm³/mol. The molecule has 0 saturated heterocycles. The predicted octanol–water partition coefficient (Wildman–Crippen LogP) is -4.35. The molecule has 0 rings (SSSR count). The number of aliphatic carboxylic acids is 2. The summed E-state index contributed by atoms with van der Waals surface area (Å²) in [5.41, 5.74) is 5.63. The van der Waals surface area contributed by atoms with E-state index in [4.69, 9.17) is 10.8 Å². The van der Waals surface area contributed by atoms with Crippen LogP contribution in [-0.4, -0.2) is 135 Å². The van der Waals surface area contributed by atoms with Crippen LogP contribution < -0.4 is 37.6 Å². The monoisotopic (exact) mass is 719 g/mol. The van der Waals surface area contributed by atoms with Gasteiger partial charge in [-0.15, -0.1) is 0 Å². The molecule has 0 aromatic heterocycles. The van der Waals surface area contributed by atoms with E-state index in [-0.39, 0.29) is 25.2 Å². The first-order chi connectivity index (χ1) is 23.2. The van der Waals surface area contributed by atoms with Gasteiger partial charge in [-0.25, -0.2) is 4.79 Å². The summed E-state index contributed by atoms with van der Waals surface area (Å²) >= 11 is 0. The fraction of sp³-hybridized carbons (Fsp3) is 0.733. The molecule has 0 aliphatic carbocycles. The summed E-state index contributed by atoms with van der Waals surface area (Å²) in [5, 5.41) is 61.1. The zero-order chi connectivity index (χ0) is 38.9. The molecule has 0 heterocycles. The van der Waals surface area contributed by atoms with Gasteiger partial charge in [0.15, 0.2) is 0 Å². The van der Waals surface area contributed by atoms with Gasteiger partial charge in [0.1, 0.15) is 36.3 Å². The van der Waals surface area contributed by atoms with Gasteiger partial charge in [0.25, 0.3) is 0 Å². The zero-order valence-electron chi connectivity index (χ0n) is 29.1. The average Bonchev–Trinajstić information content (AvgIpc) is 3.04. The van der Waals surface area contributed by atoms with Crippen LogP contribution in [0.2, 0.25) is 0 Å². The molecule has 0 unspecified atom stereocenters. The third-order valence-electron chi connectivity index (χ3n) is 7.57. The quantitative estimate of drug-likeness (QED) is 0.0475. The van der Waals surface area contributed by atoms with Crippen molar-refractivity contribution in [2.75, 3.05) is 13.2 Å². The Hall–Kier alpha value is -4.40. The first kappa shape index (κ1) is 45.6. The lowest BCUT2D eigenvalue weighted by Crippen LogP contribution is -2.62. The molecule has 20 nitrogen and oxygen atoms in total. The minimum atomic E-state index is -1.71. The molecule has 0 aliphatic rings. The fourth-order valence-electron chi connectivity index (χ4n) is 4.31. The molecule has 0 aromatic rings. The van der Waals surface area contributed by atoms with Crippen molar-refractivity contribution in [3.8, 4) is 0 Å². The minimum Gasteiger partial charge on any atom is -0.481 e. The second-order valence-corrected chi connectivity index (χ2v) is 12.4. The van der Waals surface area contributed by atoms with Gasteiger partial charge in [-0.05, 0) is 38.5 Å². The number of rotatable bonds is 23. The van der Waals surface area contributed by atoms with Crippen molar-refractivity contribution in [3.63, 3.8) is 0 Å². The van der Waals surface area contributed by atoms with Gasteiger partial charge in [0.2, 0.25) is 35.4 Å². The number of hydrogen-bond acceptors (Lipinski definition) is 12. The van der Waals surface area contributed by atoms with Gasteiger partial charge in [0, 0.05) is 6.42 Å². The van der Waals surface area contributed by atoms with Crippen LogP contribution in [0.3, 0.4) is 0 Å². The van der Waals surface area contributed by atoms with Crippen molar-refractivity contribution in [1.29, 1.82) is 0 Å². The standard InChI is InChI=1S/C30H53N7O13/c1-7-14(4)22(28(47)35-20(12-39)30(49)50)36-26(45)18(10-13(2)3)33-29(48)23(16(6)40)37-27(46)19(11-38)34-24(43)15(5)32-25(44)17(31)8-9-21(41)42/h13-20,22-23,38-40H,7-12,31H2,1-6H3,(H,32,44)(H,33,48)(H,34,43)(H,35,47)(H,36,45)(H,37,46)(H,41,42)(H,49,50)/t14-,15-,16+,17-,18-,19-,20-,22-,23-/m0/s1. The number of carboxylic acids is 2. The van der Waals surface area contributed by atoms with Crippen LogP contribution >= 0.6 is 0 Å². The van der Waals surface area contributed by atoms with Crippen molar-refractivity contribution < 1.29 is 63.9 Å². The molecule has 0 bridgehead atoms. The van der Waals surface area contributed by atoms with E-state index < -0.39 is 115 Å². The van der Waals surface area contributed by atoms with Crippen molar-refractivity contribution in [3.05, 3.63) is 0 Å². The summed E-state index contributed by atoms with van der Waals surface area (Å²) < 4.78 is 0. The number of carbonyl (C=O) groups is 8. The first-order valence-electron chi connectivity index (χ1n) is 16.1. The molecule has 286 valence electrons. The minimum absolute atomic E-state index is 0.0280. The van der Waals surface area contributed by atoms with Crippen molar-refractivity contribution in [1.82, 2.24) is 31.9 Å². The topological polar surface area (TPSA) is 336 Å². The Bertz CT molecular complexity index is 1200. The maximum absolute atomic E-state index is 13.4. The highest BCUT2D eigenvalue weighted by molar-refractivity contribution is 5.97. The van der Waals surface area contributed by atoms with E-state index in [1.54, 1.807) is 27.7 Å². The van der Waals surface area contributed by atoms with Gasteiger partial charge in [-0.3, -0.25) is 33.6 Å². The fourth-order valence-corrected chi connectivity index (χ4v) is 4.31. The van der Waals surface area contributed by atoms with Crippen LogP contribution in [0.1, 0.15) is 67.2 Å². The lowest BCUT2D eigenvalue weighted by molar-refractivity contribution is -0.144. The van der Waals surface area contributed by atoms with Crippen LogP contribution in [0.25, 0.3) is 0 Å². The molecular weight excluding hydrogens is 666 g/mol. The van der Waals surface area contributed by atoms with Gasteiger partial charge in [-0.2, -0.15) is 0 Å². The van der Waals surface area contributed by atoms with Crippen LogP contribution in [0.4, 0.5) is 0 Å². The van der Waals surface area contributed by atoms with E-state index >= 15 is 0 Å². The Balaban J connectivity index is 5.80. The van der Waals surface area contributed by atoms with E-state index in [1.807, 2.05) is 0 Å². The summed E-state index contributed by atoms with van der Waals surface area (Å²) in [6.07, 6.45) is -1.75. The Morgan fingerprint density at radius 2 is 1.10 bits per heavy atom. The third kappa shape index (κ3) is 15.9. The molecule has 0 radical (unpaired) electrons. The highest BCUT2D eigenvalue weighted by Crippen LogP contribution is 2.12. The summed E-state index contributed by atoms with van der Waals surface area (Å²) in [6.45, 7) is 7.34. The number of carbonyl (C=O) groups excluding carboxylic acids is 6. The van der Waals surface area contributed by atoms with Crippen molar-refractivity contribution in [2.24, 2.45) is 17.6 Å². The van der Waals surface area contributed by atoms with Gasteiger partial charge < -0.3 is 63.2 Å². The maximum Gasteiger partial charge on any atom is 0.328 e. The van der Waals surface area contributed by atoms with Crippen LogP contribution in [-0.2, 0) is 38.4 Å². The molecule has 0 fully saturated rings. The van der Waals surface area contributed by atoms with Crippen LogP contribution in [0.15, 0.2) is 0 Å². The Kier molecular flexibility index (Phi) is 20.4. The van der Waals surface area contributed by atoms with Crippen molar-refractivity contribution in [2.45, 2.75) is 116 Å². The van der Waals surface area contributed by atoms with Crippen molar-refractivity contribution >= 4 is 47.4 Å². The van der Waals surface area contributed by atoms with Crippen LogP contribution in [0.5, 0.6) is 0 Å². The number of aliphatic hydroxyl groups excluding tert-OH is 3. The molecule has 6 amide bonds. The number of carboxylic acid groups (broad SMARTS) is 2. The Morgan fingerprint density at radius 3 is 1.56 bits per heavy atom. The summed E-state index contributed by atoms with van der Waals surface area (Å²) in [4.78, 5) is 99.5. The Labute approximate surface area is 289 Å². The van der Waals surface area contributed by atoms with Crippen LogP contribution in [0, 0.1) is 11.8 Å². The third-order valence-corrected chi connectivity index (χ3v) is 7.57. The number of nitrogens with two attached hydrogens (primary N) is 1. The first-order valence-corrected chi connectivity index (χ1v) is 16.1. The number of hydrogen-bond donors (Lipinski definition) is 12.